The van der Waals surface area contributed by atoms with Gasteiger partial charge in [0.15, 0.2) is 0 Å². The Labute approximate surface area is 117 Å². The van der Waals surface area contributed by atoms with Crippen molar-refractivity contribution in [2.45, 2.75) is 12.6 Å². The second-order valence-corrected chi connectivity index (χ2v) is 5.04. The number of benzene rings is 1. The lowest BCUT2D eigenvalue weighted by molar-refractivity contribution is -0.0550. The van der Waals surface area contributed by atoms with Crippen LogP contribution in [0.1, 0.15) is 11.1 Å². The number of halogens is 1. The van der Waals surface area contributed by atoms with Gasteiger partial charge in [-0.1, -0.05) is 23.7 Å². The van der Waals surface area contributed by atoms with Gasteiger partial charge in [-0.3, -0.25) is 10.3 Å². The number of rotatable bonds is 4. The summed E-state index contributed by atoms with van der Waals surface area (Å²) < 4.78 is 5.41. The number of aliphatic hydroxyl groups is 1. The molecule has 0 bridgehead atoms. The van der Waals surface area contributed by atoms with Crippen molar-refractivity contribution in [3.8, 4) is 0 Å². The SMILES string of the molecule is N=C(N)c1ccc(CN2CCOC(CO)C2)c(Cl)c1. The molecule has 104 valence electrons. The van der Waals surface area contributed by atoms with E-state index in [9.17, 15) is 0 Å². The molecule has 1 aliphatic rings. The smallest absolute Gasteiger partial charge is 0.122 e. The Morgan fingerprint density at radius 2 is 2.37 bits per heavy atom. The number of aliphatic hydroxyl groups excluding tert-OH is 1. The van der Waals surface area contributed by atoms with E-state index in [4.69, 9.17) is 32.6 Å². The molecule has 6 heteroatoms. The van der Waals surface area contributed by atoms with Crippen LogP contribution in [0.25, 0.3) is 0 Å². The number of morpholine rings is 1. The van der Waals surface area contributed by atoms with E-state index in [1.165, 1.54) is 0 Å². The fourth-order valence-corrected chi connectivity index (χ4v) is 2.36. The molecule has 0 saturated carbocycles. The predicted octanol–water partition coefficient (Wildman–Crippen LogP) is 0.817. The quantitative estimate of drug-likeness (QED) is 0.564. The number of nitrogens with one attached hydrogen (secondary N) is 1. The first-order valence-corrected chi connectivity index (χ1v) is 6.55. The first-order chi connectivity index (χ1) is 9.10. The van der Waals surface area contributed by atoms with E-state index in [1.54, 1.807) is 12.1 Å². The van der Waals surface area contributed by atoms with Crippen LogP contribution in [0.3, 0.4) is 0 Å². The van der Waals surface area contributed by atoms with Gasteiger partial charge in [0.25, 0.3) is 0 Å². The second kappa shape index (κ2) is 6.34. The molecule has 0 aromatic heterocycles. The average molecular weight is 284 g/mol. The zero-order valence-electron chi connectivity index (χ0n) is 10.6. The van der Waals surface area contributed by atoms with E-state index in [-0.39, 0.29) is 18.5 Å². The van der Waals surface area contributed by atoms with Crippen LogP contribution in [-0.4, -0.2) is 48.2 Å². The summed E-state index contributed by atoms with van der Waals surface area (Å²) in [6.07, 6.45) is -0.121. The number of ether oxygens (including phenoxy) is 1. The Balaban J connectivity index is 2.04. The van der Waals surface area contributed by atoms with Gasteiger partial charge in [-0.2, -0.15) is 0 Å². The third-order valence-electron chi connectivity index (χ3n) is 3.18. The van der Waals surface area contributed by atoms with E-state index in [2.05, 4.69) is 4.90 Å². The largest absolute Gasteiger partial charge is 0.394 e. The molecule has 0 amide bonds. The van der Waals surface area contributed by atoms with Gasteiger partial charge >= 0.3 is 0 Å². The van der Waals surface area contributed by atoms with Crippen LogP contribution < -0.4 is 5.73 Å². The van der Waals surface area contributed by atoms with Gasteiger partial charge in [0.2, 0.25) is 0 Å². The highest BCUT2D eigenvalue weighted by atomic mass is 35.5. The zero-order chi connectivity index (χ0) is 13.8. The number of nitrogen functional groups attached to an aromatic ring is 1. The van der Waals surface area contributed by atoms with Gasteiger partial charge in [0.1, 0.15) is 5.84 Å². The summed E-state index contributed by atoms with van der Waals surface area (Å²) in [7, 11) is 0. The molecule has 19 heavy (non-hydrogen) atoms. The Morgan fingerprint density at radius 1 is 1.58 bits per heavy atom. The van der Waals surface area contributed by atoms with Gasteiger partial charge in [0, 0.05) is 30.2 Å². The molecule has 1 aliphatic heterocycles. The molecule has 4 N–H and O–H groups in total. The van der Waals surface area contributed by atoms with E-state index in [0.717, 1.165) is 12.1 Å². The molecule has 1 heterocycles. The van der Waals surface area contributed by atoms with E-state index in [0.29, 0.717) is 30.3 Å². The van der Waals surface area contributed by atoms with Crippen molar-refractivity contribution in [3.63, 3.8) is 0 Å². The lowest BCUT2D eigenvalue weighted by Gasteiger charge is -2.32. The molecule has 1 atom stereocenters. The van der Waals surface area contributed by atoms with Gasteiger partial charge < -0.3 is 15.6 Å². The van der Waals surface area contributed by atoms with E-state index in [1.807, 2.05) is 6.07 Å². The standard InChI is InChI=1S/C13H18ClN3O2/c14-12-5-9(13(15)16)1-2-10(12)6-17-3-4-19-11(7-17)8-18/h1-2,5,11,18H,3-4,6-8H2,(H3,15,16). The minimum Gasteiger partial charge on any atom is -0.394 e. The number of amidine groups is 1. The molecule has 2 rings (SSSR count). The van der Waals surface area contributed by atoms with Crippen molar-refractivity contribution >= 4 is 17.4 Å². The van der Waals surface area contributed by atoms with Gasteiger partial charge in [-0.15, -0.1) is 0 Å². The Kier molecular flexibility index (Phi) is 4.76. The van der Waals surface area contributed by atoms with Crippen LogP contribution in [0.4, 0.5) is 0 Å². The molecule has 5 nitrogen and oxygen atoms in total. The summed E-state index contributed by atoms with van der Waals surface area (Å²) in [5.74, 6) is 0.0140. The highest BCUT2D eigenvalue weighted by molar-refractivity contribution is 6.31. The van der Waals surface area contributed by atoms with Crippen molar-refractivity contribution in [2.24, 2.45) is 5.73 Å². The van der Waals surface area contributed by atoms with Crippen molar-refractivity contribution < 1.29 is 9.84 Å². The minimum absolute atomic E-state index is 0.0140. The molecule has 0 aliphatic carbocycles. The number of hydrogen-bond acceptors (Lipinski definition) is 4. The fraction of sp³-hybridized carbons (Fsp3) is 0.462. The van der Waals surface area contributed by atoms with Crippen LogP contribution in [0, 0.1) is 5.41 Å². The first-order valence-electron chi connectivity index (χ1n) is 6.18. The van der Waals surface area contributed by atoms with Crippen LogP contribution >= 0.6 is 11.6 Å². The number of nitrogens with two attached hydrogens (primary N) is 1. The van der Waals surface area contributed by atoms with E-state index < -0.39 is 0 Å². The predicted molar refractivity (Wildman–Crippen MR) is 74.6 cm³/mol. The number of nitrogens with zero attached hydrogens (tertiary/aromatic N) is 1. The van der Waals surface area contributed by atoms with Gasteiger partial charge in [-0.05, 0) is 11.6 Å². The molecule has 1 aromatic carbocycles. The molecule has 1 aromatic rings. The lowest BCUT2D eigenvalue weighted by Crippen LogP contribution is -2.43. The Bertz CT molecular complexity index is 467. The molecule has 0 spiro atoms. The molecular weight excluding hydrogens is 266 g/mol. The summed E-state index contributed by atoms with van der Waals surface area (Å²) in [6, 6.07) is 5.40. The maximum atomic E-state index is 9.11. The van der Waals surface area contributed by atoms with Gasteiger partial charge in [0.05, 0.1) is 19.3 Å². The molecule has 1 saturated heterocycles. The molecule has 1 fully saturated rings. The van der Waals surface area contributed by atoms with Crippen molar-refractivity contribution in [1.82, 2.24) is 4.90 Å². The lowest BCUT2D eigenvalue weighted by atomic mass is 10.1. The van der Waals surface area contributed by atoms with Crippen molar-refractivity contribution in [1.29, 1.82) is 5.41 Å². The summed E-state index contributed by atoms with van der Waals surface area (Å²) in [6.45, 7) is 2.88. The van der Waals surface area contributed by atoms with Crippen molar-refractivity contribution in [3.05, 3.63) is 34.3 Å². The zero-order valence-corrected chi connectivity index (χ0v) is 11.4. The Hall–Kier alpha value is -1.14. The normalized spacial score (nSPS) is 20.4. The summed E-state index contributed by atoms with van der Waals surface area (Å²) >= 11 is 6.20. The molecule has 0 radical (unpaired) electrons. The molecular formula is C13H18ClN3O2. The first kappa shape index (κ1) is 14.3. The fourth-order valence-electron chi connectivity index (χ4n) is 2.12. The monoisotopic (exact) mass is 283 g/mol. The van der Waals surface area contributed by atoms with Crippen LogP contribution in [-0.2, 0) is 11.3 Å². The highest BCUT2D eigenvalue weighted by Gasteiger charge is 2.20. The van der Waals surface area contributed by atoms with Gasteiger partial charge in [-0.25, -0.2) is 0 Å². The highest BCUT2D eigenvalue weighted by Crippen LogP contribution is 2.20. The van der Waals surface area contributed by atoms with Crippen LogP contribution in [0.5, 0.6) is 0 Å². The topological polar surface area (TPSA) is 82.6 Å². The maximum absolute atomic E-state index is 9.11. The second-order valence-electron chi connectivity index (χ2n) is 4.63. The molecule has 1 unspecified atom stereocenters. The summed E-state index contributed by atoms with van der Waals surface area (Å²) in [5, 5.41) is 17.1. The maximum Gasteiger partial charge on any atom is 0.122 e. The number of hydrogen-bond donors (Lipinski definition) is 3. The Morgan fingerprint density at radius 3 is 3.00 bits per heavy atom. The minimum atomic E-state index is -0.121. The third kappa shape index (κ3) is 3.67. The van der Waals surface area contributed by atoms with Crippen LogP contribution in [0.2, 0.25) is 5.02 Å². The average Bonchev–Trinajstić information content (AvgIpc) is 2.41. The van der Waals surface area contributed by atoms with E-state index >= 15 is 0 Å². The third-order valence-corrected chi connectivity index (χ3v) is 3.54. The summed E-state index contributed by atoms with van der Waals surface area (Å²) in [4.78, 5) is 2.19. The van der Waals surface area contributed by atoms with Crippen LogP contribution in [0.15, 0.2) is 18.2 Å². The van der Waals surface area contributed by atoms with Crippen molar-refractivity contribution in [2.75, 3.05) is 26.3 Å². The summed E-state index contributed by atoms with van der Waals surface area (Å²) in [5.41, 5.74) is 7.04.